The smallest absolute Gasteiger partial charge is 0.321 e. The van der Waals surface area contributed by atoms with Crippen LogP contribution in [0.4, 0.5) is 0 Å². The second-order valence-electron chi connectivity index (χ2n) is 3.44. The lowest BCUT2D eigenvalue weighted by atomic mass is 10.1. The molecule has 1 aromatic carbocycles. The van der Waals surface area contributed by atoms with Crippen molar-refractivity contribution < 1.29 is 15.1 Å². The molecule has 0 bridgehead atoms. The van der Waals surface area contributed by atoms with E-state index in [1.165, 1.54) is 0 Å². The van der Waals surface area contributed by atoms with Crippen molar-refractivity contribution in [2.75, 3.05) is 13.1 Å². The molecule has 0 heterocycles. The first-order chi connectivity index (χ1) is 7.74. The monoisotopic (exact) mass is 224 g/mol. The normalized spacial score (nSPS) is 12.3. The number of nitrogens with one attached hydrogen (secondary N) is 2. The highest BCUT2D eigenvalue weighted by Gasteiger charge is 2.16. The Morgan fingerprint density at radius 3 is 2.50 bits per heavy atom. The summed E-state index contributed by atoms with van der Waals surface area (Å²) in [5.74, 6) is -0.887. The summed E-state index contributed by atoms with van der Waals surface area (Å²) in [6.45, 7) is 0.721. The molecule has 0 unspecified atom stereocenters. The molecule has 0 fully saturated rings. The van der Waals surface area contributed by atoms with Crippen LogP contribution >= 0.6 is 0 Å². The van der Waals surface area contributed by atoms with E-state index in [-0.39, 0.29) is 0 Å². The van der Waals surface area contributed by atoms with Gasteiger partial charge in [0.15, 0.2) is 0 Å². The van der Waals surface area contributed by atoms with Gasteiger partial charge in [0.1, 0.15) is 6.04 Å². The largest absolute Gasteiger partial charge is 0.480 e. The number of carboxylic acids is 1. The highest BCUT2D eigenvalue weighted by atomic mass is 16.5. The molecular weight excluding hydrogens is 208 g/mol. The standard InChI is InChI=1S/C11H16N2O3/c14-11(15)10(12-6-7-13-16)8-9-4-2-1-3-5-9/h1-5,10,12-13,16H,6-8H2,(H,14,15)/t10-/m0/s1. The summed E-state index contributed by atoms with van der Waals surface area (Å²) in [5, 5.41) is 20.2. The Morgan fingerprint density at radius 2 is 1.94 bits per heavy atom. The van der Waals surface area contributed by atoms with Crippen LogP contribution in [0.3, 0.4) is 0 Å². The average Bonchev–Trinajstić information content (AvgIpc) is 2.29. The van der Waals surface area contributed by atoms with E-state index < -0.39 is 12.0 Å². The van der Waals surface area contributed by atoms with Gasteiger partial charge in [0.25, 0.3) is 0 Å². The topological polar surface area (TPSA) is 81.6 Å². The van der Waals surface area contributed by atoms with Gasteiger partial charge in [-0.25, -0.2) is 5.48 Å². The fourth-order valence-electron chi connectivity index (χ4n) is 1.40. The van der Waals surface area contributed by atoms with Crippen molar-refractivity contribution in [3.8, 4) is 0 Å². The minimum absolute atomic E-state index is 0.318. The molecule has 1 rings (SSSR count). The van der Waals surface area contributed by atoms with Crippen molar-refractivity contribution in [1.82, 2.24) is 10.8 Å². The van der Waals surface area contributed by atoms with E-state index in [9.17, 15) is 4.79 Å². The number of hydrogen-bond acceptors (Lipinski definition) is 4. The van der Waals surface area contributed by atoms with Crippen LogP contribution in [0.1, 0.15) is 5.56 Å². The van der Waals surface area contributed by atoms with Gasteiger partial charge in [-0.15, -0.1) is 0 Å². The van der Waals surface area contributed by atoms with Crippen molar-refractivity contribution in [2.24, 2.45) is 0 Å². The van der Waals surface area contributed by atoms with Gasteiger partial charge in [-0.1, -0.05) is 30.3 Å². The summed E-state index contributed by atoms with van der Waals surface area (Å²) >= 11 is 0. The fourth-order valence-corrected chi connectivity index (χ4v) is 1.40. The number of carboxylic acid groups (broad SMARTS) is 1. The van der Waals surface area contributed by atoms with Gasteiger partial charge in [-0.3, -0.25) is 4.79 Å². The second-order valence-corrected chi connectivity index (χ2v) is 3.44. The Kier molecular flexibility index (Phi) is 5.49. The molecule has 0 amide bonds. The van der Waals surface area contributed by atoms with Gasteiger partial charge >= 0.3 is 5.97 Å². The molecule has 4 N–H and O–H groups in total. The summed E-state index contributed by atoms with van der Waals surface area (Å²) in [7, 11) is 0. The third kappa shape index (κ3) is 4.39. The molecule has 16 heavy (non-hydrogen) atoms. The van der Waals surface area contributed by atoms with Crippen LogP contribution in [-0.2, 0) is 11.2 Å². The fraction of sp³-hybridized carbons (Fsp3) is 0.364. The number of rotatable bonds is 7. The molecule has 1 aromatic rings. The van der Waals surface area contributed by atoms with Crippen LogP contribution in [0.25, 0.3) is 0 Å². The lowest BCUT2D eigenvalue weighted by Crippen LogP contribution is -2.41. The minimum atomic E-state index is -0.887. The van der Waals surface area contributed by atoms with Crippen molar-refractivity contribution in [3.63, 3.8) is 0 Å². The van der Waals surface area contributed by atoms with Crippen molar-refractivity contribution in [2.45, 2.75) is 12.5 Å². The number of aliphatic carboxylic acids is 1. The Morgan fingerprint density at radius 1 is 1.25 bits per heavy atom. The maximum atomic E-state index is 11.0. The zero-order valence-corrected chi connectivity index (χ0v) is 8.89. The quantitative estimate of drug-likeness (QED) is 0.394. The Labute approximate surface area is 94.1 Å². The molecule has 0 saturated heterocycles. The van der Waals surface area contributed by atoms with E-state index in [2.05, 4.69) is 5.32 Å². The summed E-state index contributed by atoms with van der Waals surface area (Å²) in [6.07, 6.45) is 0.432. The summed E-state index contributed by atoms with van der Waals surface area (Å²) in [6, 6.07) is 8.80. The summed E-state index contributed by atoms with van der Waals surface area (Å²) < 4.78 is 0. The maximum Gasteiger partial charge on any atom is 0.321 e. The van der Waals surface area contributed by atoms with Gasteiger partial charge in [0, 0.05) is 13.1 Å². The van der Waals surface area contributed by atoms with Gasteiger partial charge < -0.3 is 15.6 Å². The van der Waals surface area contributed by atoms with E-state index in [4.69, 9.17) is 10.3 Å². The number of benzene rings is 1. The van der Waals surface area contributed by atoms with E-state index in [0.29, 0.717) is 19.5 Å². The molecular formula is C11H16N2O3. The maximum absolute atomic E-state index is 11.0. The van der Waals surface area contributed by atoms with Gasteiger partial charge in [-0.2, -0.15) is 0 Å². The Balaban J connectivity index is 2.48. The highest BCUT2D eigenvalue weighted by Crippen LogP contribution is 2.03. The molecule has 0 aliphatic carbocycles. The average molecular weight is 224 g/mol. The third-order valence-electron chi connectivity index (χ3n) is 2.21. The second kappa shape index (κ2) is 6.95. The molecule has 5 nitrogen and oxygen atoms in total. The molecule has 5 heteroatoms. The first-order valence-electron chi connectivity index (χ1n) is 5.11. The summed E-state index contributed by atoms with van der Waals surface area (Å²) in [4.78, 5) is 11.0. The van der Waals surface area contributed by atoms with Crippen molar-refractivity contribution in [1.29, 1.82) is 0 Å². The highest BCUT2D eigenvalue weighted by molar-refractivity contribution is 5.73. The Hall–Kier alpha value is -1.43. The molecule has 1 atom stereocenters. The number of hydrogen-bond donors (Lipinski definition) is 4. The van der Waals surface area contributed by atoms with Gasteiger partial charge in [0.05, 0.1) is 0 Å². The molecule has 0 aliphatic rings. The van der Waals surface area contributed by atoms with Crippen molar-refractivity contribution >= 4 is 5.97 Å². The SMILES string of the molecule is O=C(O)[C@H](Cc1ccccc1)NCCNO. The molecule has 0 radical (unpaired) electrons. The predicted molar refractivity (Wildman–Crippen MR) is 59.4 cm³/mol. The zero-order chi connectivity index (χ0) is 11.8. The first-order valence-corrected chi connectivity index (χ1v) is 5.11. The van der Waals surface area contributed by atoms with Crippen molar-refractivity contribution in [3.05, 3.63) is 35.9 Å². The van der Waals surface area contributed by atoms with E-state index in [1.54, 1.807) is 0 Å². The molecule has 0 saturated carbocycles. The van der Waals surface area contributed by atoms with Gasteiger partial charge in [0.2, 0.25) is 0 Å². The van der Waals surface area contributed by atoms with Crippen LogP contribution in [0.2, 0.25) is 0 Å². The van der Waals surface area contributed by atoms with Crippen LogP contribution in [-0.4, -0.2) is 35.4 Å². The Bertz CT molecular complexity index is 316. The van der Waals surface area contributed by atoms with Crippen LogP contribution < -0.4 is 10.8 Å². The van der Waals surface area contributed by atoms with Crippen LogP contribution in [0.15, 0.2) is 30.3 Å². The van der Waals surface area contributed by atoms with Gasteiger partial charge in [-0.05, 0) is 12.0 Å². The molecule has 0 spiro atoms. The number of carbonyl (C=O) groups is 1. The number of hydroxylamine groups is 1. The lowest BCUT2D eigenvalue weighted by molar-refractivity contribution is -0.139. The zero-order valence-electron chi connectivity index (χ0n) is 8.89. The minimum Gasteiger partial charge on any atom is -0.480 e. The summed E-state index contributed by atoms with van der Waals surface area (Å²) in [5.41, 5.74) is 2.94. The predicted octanol–water partition coefficient (Wildman–Crippen LogP) is 0.251. The molecule has 0 aliphatic heterocycles. The van der Waals surface area contributed by atoms with E-state index in [0.717, 1.165) is 5.56 Å². The molecule has 0 aromatic heterocycles. The van der Waals surface area contributed by atoms with Crippen LogP contribution in [0, 0.1) is 0 Å². The van der Waals surface area contributed by atoms with Crippen LogP contribution in [0.5, 0.6) is 0 Å². The lowest BCUT2D eigenvalue weighted by Gasteiger charge is -2.14. The van der Waals surface area contributed by atoms with E-state index >= 15 is 0 Å². The van der Waals surface area contributed by atoms with E-state index in [1.807, 2.05) is 35.8 Å². The third-order valence-corrected chi connectivity index (χ3v) is 2.21. The first kappa shape index (κ1) is 12.6. The molecule has 88 valence electrons.